The second-order valence-corrected chi connectivity index (χ2v) is 6.17. The molecule has 0 fully saturated rings. The number of aliphatic hydroxyl groups is 1. The lowest BCUT2D eigenvalue weighted by Gasteiger charge is -2.22. The molecular formula is C19H22N2O5. The van der Waals surface area contributed by atoms with E-state index < -0.39 is 36.0 Å². The van der Waals surface area contributed by atoms with Crippen LogP contribution in [0.15, 0.2) is 42.5 Å². The summed E-state index contributed by atoms with van der Waals surface area (Å²) in [6.07, 6.45) is -1.14. The molecule has 138 valence electrons. The highest BCUT2D eigenvalue weighted by Gasteiger charge is 2.28. The molecule has 0 radical (unpaired) electrons. The molecule has 0 unspecified atom stereocenters. The fourth-order valence-electron chi connectivity index (χ4n) is 2.61. The molecule has 0 aliphatic carbocycles. The number of nitrogens with one attached hydrogen (secondary N) is 2. The van der Waals surface area contributed by atoms with Crippen LogP contribution >= 0.6 is 0 Å². The topological polar surface area (TPSA) is 116 Å². The number of amides is 2. The first-order valence-corrected chi connectivity index (χ1v) is 8.27. The maximum atomic E-state index is 12.4. The SMILES string of the molecule is C[C@H](NC(=O)[C@@H](NC(=O)Cc1cccc2ccccc12)[C@@H](C)O)C(=O)O. The molecule has 2 amide bonds. The van der Waals surface area contributed by atoms with Gasteiger partial charge in [-0.15, -0.1) is 0 Å². The van der Waals surface area contributed by atoms with E-state index in [2.05, 4.69) is 10.6 Å². The Hall–Kier alpha value is -2.93. The molecule has 4 N–H and O–H groups in total. The first-order valence-electron chi connectivity index (χ1n) is 8.27. The summed E-state index contributed by atoms with van der Waals surface area (Å²) in [7, 11) is 0. The highest BCUT2D eigenvalue weighted by molar-refractivity contribution is 5.93. The Labute approximate surface area is 151 Å². The Morgan fingerprint density at radius 3 is 2.31 bits per heavy atom. The third-order valence-electron chi connectivity index (χ3n) is 4.04. The third-order valence-corrected chi connectivity index (χ3v) is 4.04. The molecule has 3 atom stereocenters. The summed E-state index contributed by atoms with van der Waals surface area (Å²) in [5.41, 5.74) is 0.796. The van der Waals surface area contributed by atoms with E-state index in [0.29, 0.717) is 0 Å². The highest BCUT2D eigenvalue weighted by atomic mass is 16.4. The average Bonchev–Trinajstić information content (AvgIpc) is 2.59. The van der Waals surface area contributed by atoms with Crippen molar-refractivity contribution in [3.8, 4) is 0 Å². The molecule has 7 heteroatoms. The van der Waals surface area contributed by atoms with Crippen LogP contribution in [0, 0.1) is 0 Å². The van der Waals surface area contributed by atoms with Crippen LogP contribution in [0.1, 0.15) is 19.4 Å². The second kappa shape index (κ2) is 8.44. The summed E-state index contributed by atoms with van der Waals surface area (Å²) < 4.78 is 0. The van der Waals surface area contributed by atoms with E-state index in [-0.39, 0.29) is 6.42 Å². The molecule has 0 heterocycles. The van der Waals surface area contributed by atoms with Gasteiger partial charge < -0.3 is 20.8 Å². The Morgan fingerprint density at radius 2 is 1.65 bits per heavy atom. The van der Waals surface area contributed by atoms with Crippen molar-refractivity contribution in [3.05, 3.63) is 48.0 Å². The number of aliphatic hydroxyl groups excluding tert-OH is 1. The first kappa shape index (κ1) is 19.4. The Balaban J connectivity index is 2.10. The maximum absolute atomic E-state index is 12.4. The van der Waals surface area contributed by atoms with E-state index in [4.69, 9.17) is 5.11 Å². The molecule has 0 saturated heterocycles. The van der Waals surface area contributed by atoms with Crippen molar-refractivity contribution in [2.24, 2.45) is 0 Å². The number of carboxylic acids is 1. The van der Waals surface area contributed by atoms with Gasteiger partial charge in [0.2, 0.25) is 11.8 Å². The minimum Gasteiger partial charge on any atom is -0.480 e. The summed E-state index contributed by atoms with van der Waals surface area (Å²) in [4.78, 5) is 35.4. The van der Waals surface area contributed by atoms with E-state index in [1.54, 1.807) is 0 Å². The fourth-order valence-corrected chi connectivity index (χ4v) is 2.61. The van der Waals surface area contributed by atoms with Gasteiger partial charge in [0.1, 0.15) is 12.1 Å². The minimum atomic E-state index is -1.24. The van der Waals surface area contributed by atoms with Gasteiger partial charge in [0.15, 0.2) is 0 Å². The number of hydrogen-bond acceptors (Lipinski definition) is 4. The lowest BCUT2D eigenvalue weighted by atomic mass is 10.0. The Morgan fingerprint density at radius 1 is 1.00 bits per heavy atom. The summed E-state index contributed by atoms with van der Waals surface area (Å²) in [6, 6.07) is 10.9. The number of fused-ring (bicyclic) bond motifs is 1. The smallest absolute Gasteiger partial charge is 0.325 e. The zero-order valence-corrected chi connectivity index (χ0v) is 14.6. The molecule has 26 heavy (non-hydrogen) atoms. The molecule has 2 aromatic carbocycles. The van der Waals surface area contributed by atoms with E-state index >= 15 is 0 Å². The zero-order chi connectivity index (χ0) is 19.3. The zero-order valence-electron chi connectivity index (χ0n) is 14.6. The van der Waals surface area contributed by atoms with Crippen molar-refractivity contribution in [2.75, 3.05) is 0 Å². The molecule has 0 aliphatic rings. The van der Waals surface area contributed by atoms with Gasteiger partial charge in [0.05, 0.1) is 12.5 Å². The molecule has 0 spiro atoms. The van der Waals surface area contributed by atoms with Crippen LogP contribution in [0.5, 0.6) is 0 Å². The molecule has 2 aromatic rings. The van der Waals surface area contributed by atoms with E-state index in [9.17, 15) is 19.5 Å². The fraction of sp³-hybridized carbons (Fsp3) is 0.316. The summed E-state index contributed by atoms with van der Waals surface area (Å²) in [6.45, 7) is 2.66. The van der Waals surface area contributed by atoms with Crippen LogP contribution in [-0.4, -0.2) is 46.2 Å². The summed E-state index contributed by atoms with van der Waals surface area (Å²) in [5, 5.41) is 25.3. The number of carbonyl (C=O) groups is 3. The van der Waals surface area contributed by atoms with Gasteiger partial charge in [-0.1, -0.05) is 42.5 Å². The maximum Gasteiger partial charge on any atom is 0.325 e. The van der Waals surface area contributed by atoms with Crippen molar-refractivity contribution < 1.29 is 24.6 Å². The third kappa shape index (κ3) is 4.80. The van der Waals surface area contributed by atoms with Gasteiger partial charge in [0, 0.05) is 0 Å². The average molecular weight is 358 g/mol. The van der Waals surface area contributed by atoms with Crippen LogP contribution in [0.3, 0.4) is 0 Å². The van der Waals surface area contributed by atoms with E-state index in [1.807, 2.05) is 42.5 Å². The van der Waals surface area contributed by atoms with Crippen molar-refractivity contribution in [3.63, 3.8) is 0 Å². The van der Waals surface area contributed by atoms with Gasteiger partial charge in [-0.05, 0) is 30.2 Å². The van der Waals surface area contributed by atoms with Crippen LogP contribution < -0.4 is 10.6 Å². The summed E-state index contributed by atoms with van der Waals surface area (Å²) >= 11 is 0. The van der Waals surface area contributed by atoms with Gasteiger partial charge in [-0.25, -0.2) is 0 Å². The van der Waals surface area contributed by atoms with Crippen molar-refractivity contribution in [2.45, 2.75) is 38.5 Å². The van der Waals surface area contributed by atoms with E-state index in [1.165, 1.54) is 13.8 Å². The monoisotopic (exact) mass is 358 g/mol. The molecule has 0 aromatic heterocycles. The van der Waals surface area contributed by atoms with E-state index in [0.717, 1.165) is 16.3 Å². The first-order chi connectivity index (χ1) is 12.3. The van der Waals surface area contributed by atoms with Crippen LogP contribution in [0.2, 0.25) is 0 Å². The molecule has 7 nitrogen and oxygen atoms in total. The standard InChI is InChI=1S/C19H22N2O5/c1-11(19(25)26)20-18(24)17(12(2)22)21-16(23)10-14-8-5-7-13-6-3-4-9-15(13)14/h3-9,11-12,17,22H,10H2,1-2H3,(H,20,24)(H,21,23)(H,25,26)/t11-,12+,17-/m0/s1. The Bertz CT molecular complexity index is 813. The number of carbonyl (C=O) groups excluding carboxylic acids is 2. The van der Waals surface area contributed by atoms with Crippen LogP contribution in [0.25, 0.3) is 10.8 Å². The largest absolute Gasteiger partial charge is 0.480 e. The Kier molecular flexibility index (Phi) is 6.30. The second-order valence-electron chi connectivity index (χ2n) is 6.17. The van der Waals surface area contributed by atoms with Gasteiger partial charge in [-0.2, -0.15) is 0 Å². The number of carboxylic acid groups (broad SMARTS) is 1. The molecule has 2 rings (SSSR count). The number of benzene rings is 2. The van der Waals surface area contributed by atoms with Crippen LogP contribution in [0.4, 0.5) is 0 Å². The molecular weight excluding hydrogens is 336 g/mol. The van der Waals surface area contributed by atoms with Gasteiger partial charge in [0.25, 0.3) is 0 Å². The lowest BCUT2D eigenvalue weighted by Crippen LogP contribution is -2.55. The minimum absolute atomic E-state index is 0.0341. The predicted molar refractivity (Wildman–Crippen MR) is 96.5 cm³/mol. The quantitative estimate of drug-likeness (QED) is 0.585. The van der Waals surface area contributed by atoms with Crippen molar-refractivity contribution in [1.82, 2.24) is 10.6 Å². The van der Waals surface area contributed by atoms with Crippen molar-refractivity contribution >= 4 is 28.6 Å². The number of hydrogen-bond donors (Lipinski definition) is 4. The van der Waals surface area contributed by atoms with Gasteiger partial charge >= 0.3 is 5.97 Å². The molecule has 0 aliphatic heterocycles. The highest BCUT2D eigenvalue weighted by Crippen LogP contribution is 2.18. The number of aliphatic carboxylic acids is 1. The van der Waals surface area contributed by atoms with Gasteiger partial charge in [-0.3, -0.25) is 14.4 Å². The number of rotatable bonds is 7. The normalized spacial score (nSPS) is 14.3. The molecule has 0 saturated carbocycles. The van der Waals surface area contributed by atoms with Crippen molar-refractivity contribution in [1.29, 1.82) is 0 Å². The predicted octanol–water partition coefficient (Wildman–Crippen LogP) is 0.837. The van der Waals surface area contributed by atoms with Crippen LogP contribution in [-0.2, 0) is 20.8 Å². The molecule has 0 bridgehead atoms. The lowest BCUT2D eigenvalue weighted by molar-refractivity contribution is -0.142. The summed E-state index contributed by atoms with van der Waals surface area (Å²) in [5.74, 6) is -2.39.